The molecule has 3 aromatic rings. The lowest BCUT2D eigenvalue weighted by molar-refractivity contribution is 0.0530. The molecule has 0 unspecified atom stereocenters. The number of aromatic nitrogens is 3. The summed E-state index contributed by atoms with van der Waals surface area (Å²) in [5.74, 6) is 1.62. The number of hydrogen-bond donors (Lipinski definition) is 0. The quantitative estimate of drug-likeness (QED) is 0.393. The van der Waals surface area contributed by atoms with Gasteiger partial charge in [0.2, 0.25) is 0 Å². The first kappa shape index (κ1) is 15.4. The minimum absolute atomic E-state index is 0.307. The van der Waals surface area contributed by atoms with Gasteiger partial charge in [-0.2, -0.15) is 0 Å². The van der Waals surface area contributed by atoms with Gasteiger partial charge >= 0.3 is 5.97 Å². The molecule has 6 nitrogen and oxygen atoms in total. The van der Waals surface area contributed by atoms with Crippen molar-refractivity contribution in [3.63, 3.8) is 0 Å². The van der Waals surface area contributed by atoms with E-state index in [0.717, 1.165) is 5.16 Å². The van der Waals surface area contributed by atoms with Crippen LogP contribution < -0.4 is 0 Å². The first-order chi connectivity index (χ1) is 11.3. The van der Waals surface area contributed by atoms with Crippen molar-refractivity contribution in [2.75, 3.05) is 12.4 Å². The van der Waals surface area contributed by atoms with Crippen molar-refractivity contribution in [2.45, 2.75) is 5.16 Å². The van der Waals surface area contributed by atoms with E-state index in [-0.39, 0.29) is 5.97 Å². The molecule has 23 heavy (non-hydrogen) atoms. The van der Waals surface area contributed by atoms with E-state index in [1.807, 2.05) is 23.7 Å². The topological polar surface area (TPSA) is 70.2 Å². The summed E-state index contributed by atoms with van der Waals surface area (Å²) in [5, 5.41) is 8.97. The number of carbonyl (C=O) groups is 1. The van der Waals surface area contributed by atoms with Gasteiger partial charge in [0.15, 0.2) is 16.7 Å². The fourth-order valence-electron chi connectivity index (χ4n) is 1.99. The maximum atomic E-state index is 11.8. The average molecular weight is 329 g/mol. The van der Waals surface area contributed by atoms with E-state index < -0.39 is 0 Å². The predicted octanol–water partition coefficient (Wildman–Crippen LogP) is 3.02. The molecule has 0 aliphatic carbocycles. The lowest BCUT2D eigenvalue weighted by Gasteiger charge is -2.05. The van der Waals surface area contributed by atoms with Crippen molar-refractivity contribution in [1.82, 2.24) is 14.8 Å². The third-order valence-electron chi connectivity index (χ3n) is 3.13. The Morgan fingerprint density at radius 3 is 2.78 bits per heavy atom. The molecular weight excluding hydrogens is 314 g/mol. The van der Waals surface area contributed by atoms with Crippen LogP contribution in [0.3, 0.4) is 0 Å². The Kier molecular flexibility index (Phi) is 4.77. The number of thioether (sulfide) groups is 1. The van der Waals surface area contributed by atoms with Gasteiger partial charge in [0.05, 0.1) is 11.8 Å². The molecule has 0 saturated heterocycles. The molecule has 0 saturated carbocycles. The van der Waals surface area contributed by atoms with E-state index >= 15 is 0 Å². The third kappa shape index (κ3) is 3.62. The van der Waals surface area contributed by atoms with Gasteiger partial charge in [-0.1, -0.05) is 30.0 Å². The van der Waals surface area contributed by atoms with Gasteiger partial charge in [-0.15, -0.1) is 10.2 Å². The van der Waals surface area contributed by atoms with Gasteiger partial charge in [-0.25, -0.2) is 4.79 Å². The molecule has 0 N–H and O–H groups in total. The predicted molar refractivity (Wildman–Crippen MR) is 86.2 cm³/mol. The number of rotatable bonds is 6. The van der Waals surface area contributed by atoms with E-state index in [9.17, 15) is 4.79 Å². The fraction of sp³-hybridized carbons (Fsp3) is 0.188. The van der Waals surface area contributed by atoms with E-state index in [4.69, 9.17) is 9.15 Å². The van der Waals surface area contributed by atoms with Crippen LogP contribution in [0.2, 0.25) is 0 Å². The summed E-state index contributed by atoms with van der Waals surface area (Å²) in [4.78, 5) is 11.8. The summed E-state index contributed by atoms with van der Waals surface area (Å²) in [7, 11) is 1.87. The highest BCUT2D eigenvalue weighted by Gasteiger charge is 2.13. The monoisotopic (exact) mass is 329 g/mol. The second kappa shape index (κ2) is 7.15. The Morgan fingerprint density at radius 1 is 1.22 bits per heavy atom. The highest BCUT2D eigenvalue weighted by atomic mass is 32.2. The molecule has 0 spiro atoms. The fourth-order valence-corrected chi connectivity index (χ4v) is 2.71. The molecule has 0 atom stereocenters. The Balaban J connectivity index is 1.51. The van der Waals surface area contributed by atoms with Crippen molar-refractivity contribution in [1.29, 1.82) is 0 Å². The Labute approximate surface area is 137 Å². The molecule has 0 aliphatic heterocycles. The van der Waals surface area contributed by atoms with Crippen molar-refractivity contribution < 1.29 is 13.9 Å². The molecule has 118 valence electrons. The summed E-state index contributed by atoms with van der Waals surface area (Å²) in [5.41, 5.74) is 0.552. The van der Waals surface area contributed by atoms with Gasteiger partial charge < -0.3 is 13.7 Å². The smallest absolute Gasteiger partial charge is 0.338 e. The number of nitrogens with zero attached hydrogens (tertiary/aromatic N) is 3. The number of ether oxygens (including phenoxy) is 1. The zero-order valence-electron chi connectivity index (χ0n) is 12.5. The summed E-state index contributed by atoms with van der Waals surface area (Å²) in [6.45, 7) is 0.307. The van der Waals surface area contributed by atoms with Crippen molar-refractivity contribution in [2.24, 2.45) is 7.05 Å². The van der Waals surface area contributed by atoms with Crippen LogP contribution in [0.25, 0.3) is 11.6 Å². The number of hydrogen-bond acceptors (Lipinski definition) is 6. The summed E-state index contributed by atoms with van der Waals surface area (Å²) in [6.07, 6.45) is 1.60. The zero-order chi connectivity index (χ0) is 16.1. The molecule has 7 heteroatoms. The molecular formula is C16H15N3O3S. The van der Waals surface area contributed by atoms with Gasteiger partial charge in [-0.05, 0) is 24.3 Å². The van der Waals surface area contributed by atoms with Gasteiger partial charge in [0.25, 0.3) is 0 Å². The highest BCUT2D eigenvalue weighted by molar-refractivity contribution is 7.99. The second-order valence-electron chi connectivity index (χ2n) is 4.69. The Hall–Kier alpha value is -2.54. The first-order valence-electron chi connectivity index (χ1n) is 7.04. The molecule has 0 fully saturated rings. The maximum absolute atomic E-state index is 11.8. The normalized spacial score (nSPS) is 10.7. The summed E-state index contributed by atoms with van der Waals surface area (Å²) in [6, 6.07) is 12.6. The van der Waals surface area contributed by atoms with E-state index in [0.29, 0.717) is 29.5 Å². The van der Waals surface area contributed by atoms with Crippen LogP contribution >= 0.6 is 11.8 Å². The standard InChI is InChI=1S/C16H15N3O3S/c1-19-14(13-8-5-9-21-13)17-18-16(19)23-11-10-22-15(20)12-6-3-2-4-7-12/h2-9H,10-11H2,1H3. The van der Waals surface area contributed by atoms with Crippen LogP contribution in [0.4, 0.5) is 0 Å². The Morgan fingerprint density at radius 2 is 2.04 bits per heavy atom. The minimum Gasteiger partial charge on any atom is -0.461 e. The summed E-state index contributed by atoms with van der Waals surface area (Å²) >= 11 is 1.47. The van der Waals surface area contributed by atoms with E-state index in [1.54, 1.807) is 36.6 Å². The molecule has 0 radical (unpaired) electrons. The van der Waals surface area contributed by atoms with E-state index in [2.05, 4.69) is 10.2 Å². The lowest BCUT2D eigenvalue weighted by Crippen LogP contribution is -2.08. The zero-order valence-corrected chi connectivity index (χ0v) is 13.3. The van der Waals surface area contributed by atoms with Crippen LogP contribution in [0.5, 0.6) is 0 Å². The first-order valence-corrected chi connectivity index (χ1v) is 8.02. The largest absolute Gasteiger partial charge is 0.461 e. The molecule has 2 aromatic heterocycles. The second-order valence-corrected chi connectivity index (χ2v) is 5.75. The SMILES string of the molecule is Cn1c(SCCOC(=O)c2ccccc2)nnc1-c1ccco1. The van der Waals surface area contributed by atoms with Crippen LogP contribution in [-0.2, 0) is 11.8 Å². The van der Waals surface area contributed by atoms with Crippen molar-refractivity contribution in [3.8, 4) is 11.6 Å². The van der Waals surface area contributed by atoms with Gasteiger partial charge in [0.1, 0.15) is 6.61 Å². The van der Waals surface area contributed by atoms with Gasteiger partial charge in [0, 0.05) is 12.8 Å². The lowest BCUT2D eigenvalue weighted by atomic mass is 10.2. The van der Waals surface area contributed by atoms with Crippen LogP contribution in [-0.4, -0.2) is 33.1 Å². The summed E-state index contributed by atoms with van der Waals surface area (Å²) < 4.78 is 12.4. The highest BCUT2D eigenvalue weighted by Crippen LogP contribution is 2.22. The third-order valence-corrected chi connectivity index (χ3v) is 4.12. The van der Waals surface area contributed by atoms with Gasteiger partial charge in [-0.3, -0.25) is 0 Å². The molecule has 0 amide bonds. The average Bonchev–Trinajstić information content (AvgIpc) is 3.22. The molecule has 0 aliphatic rings. The van der Waals surface area contributed by atoms with Crippen LogP contribution in [0.1, 0.15) is 10.4 Å². The molecule has 2 heterocycles. The number of furan rings is 1. The number of benzene rings is 1. The molecule has 0 bridgehead atoms. The number of esters is 1. The van der Waals surface area contributed by atoms with Crippen molar-refractivity contribution in [3.05, 3.63) is 54.3 Å². The minimum atomic E-state index is -0.319. The Bertz CT molecular complexity index is 769. The van der Waals surface area contributed by atoms with Crippen LogP contribution in [0.15, 0.2) is 58.3 Å². The number of carbonyl (C=O) groups excluding carboxylic acids is 1. The van der Waals surface area contributed by atoms with Crippen molar-refractivity contribution >= 4 is 17.7 Å². The molecule has 3 rings (SSSR count). The van der Waals surface area contributed by atoms with E-state index in [1.165, 1.54) is 11.8 Å². The maximum Gasteiger partial charge on any atom is 0.338 e. The molecule has 1 aromatic carbocycles. The van der Waals surface area contributed by atoms with Crippen LogP contribution in [0, 0.1) is 0 Å².